The van der Waals surface area contributed by atoms with Crippen LogP contribution in [0.1, 0.15) is 58.4 Å². The van der Waals surface area contributed by atoms with E-state index in [0.717, 1.165) is 37.7 Å². The van der Waals surface area contributed by atoms with Crippen LogP contribution < -0.4 is 15.4 Å². The van der Waals surface area contributed by atoms with E-state index in [1.807, 2.05) is 24.3 Å². The first-order valence-electron chi connectivity index (χ1n) is 10.3. The minimum atomic E-state index is -0.401. The Morgan fingerprint density at radius 1 is 1.03 bits per heavy atom. The lowest BCUT2D eigenvalue weighted by Crippen LogP contribution is -2.40. The number of anilines is 1. The fraction of sp³-hybridized carbons (Fsp3) is 0.348. The summed E-state index contributed by atoms with van der Waals surface area (Å²) in [5, 5.41) is 5.51. The van der Waals surface area contributed by atoms with E-state index in [-0.39, 0.29) is 17.9 Å². The number of fused-ring (bicyclic) bond motifs is 1. The van der Waals surface area contributed by atoms with Crippen LogP contribution in [0.2, 0.25) is 0 Å². The molecule has 1 saturated carbocycles. The zero-order chi connectivity index (χ0) is 21.1. The molecule has 0 bridgehead atoms. The number of hydrogen-bond acceptors (Lipinski definition) is 4. The monoisotopic (exact) mass is 407 g/mol. The van der Waals surface area contributed by atoms with Gasteiger partial charge >= 0.3 is 6.03 Å². The first kappa shape index (κ1) is 19.9. The Morgan fingerprint density at radius 2 is 1.77 bits per heavy atom. The summed E-state index contributed by atoms with van der Waals surface area (Å²) in [6.45, 7) is 0.299. The molecule has 0 saturated heterocycles. The molecule has 0 radical (unpaired) electrons. The number of amides is 4. The third-order valence-electron chi connectivity index (χ3n) is 5.75. The molecule has 7 heteroatoms. The number of urea groups is 1. The molecule has 4 rings (SSSR count). The van der Waals surface area contributed by atoms with Crippen LogP contribution in [-0.2, 0) is 6.54 Å². The number of nitrogens with zero attached hydrogens (tertiary/aromatic N) is 1. The van der Waals surface area contributed by atoms with E-state index in [9.17, 15) is 14.4 Å². The van der Waals surface area contributed by atoms with Gasteiger partial charge in [0.2, 0.25) is 0 Å². The van der Waals surface area contributed by atoms with Crippen LogP contribution >= 0.6 is 0 Å². The number of hydrogen-bond donors (Lipinski definition) is 2. The van der Waals surface area contributed by atoms with E-state index in [1.54, 1.807) is 25.3 Å². The van der Waals surface area contributed by atoms with Crippen LogP contribution in [0.4, 0.5) is 10.5 Å². The second-order valence-corrected chi connectivity index (χ2v) is 7.65. The highest BCUT2D eigenvalue weighted by Crippen LogP contribution is 2.32. The van der Waals surface area contributed by atoms with Crippen molar-refractivity contribution in [2.75, 3.05) is 12.4 Å². The van der Waals surface area contributed by atoms with Gasteiger partial charge in [0.15, 0.2) is 0 Å². The van der Waals surface area contributed by atoms with Crippen LogP contribution in [0.5, 0.6) is 5.75 Å². The summed E-state index contributed by atoms with van der Waals surface area (Å²) in [6, 6.07) is 11.9. The van der Waals surface area contributed by atoms with Gasteiger partial charge in [-0.25, -0.2) is 4.79 Å². The highest BCUT2D eigenvalue weighted by molar-refractivity contribution is 6.22. The molecule has 0 atom stereocenters. The Hall–Kier alpha value is -3.35. The van der Waals surface area contributed by atoms with Crippen molar-refractivity contribution in [3.63, 3.8) is 0 Å². The Kier molecular flexibility index (Phi) is 5.70. The first-order chi connectivity index (χ1) is 14.6. The van der Waals surface area contributed by atoms with Crippen LogP contribution in [0, 0.1) is 0 Å². The molecular formula is C23H25N3O4. The molecule has 7 nitrogen and oxygen atoms in total. The lowest BCUT2D eigenvalue weighted by molar-refractivity contribution is 0.0549. The molecule has 0 unspecified atom stereocenters. The van der Waals surface area contributed by atoms with Gasteiger partial charge in [0.1, 0.15) is 5.75 Å². The third kappa shape index (κ3) is 3.87. The van der Waals surface area contributed by atoms with Gasteiger partial charge in [-0.05, 0) is 37.1 Å². The van der Waals surface area contributed by atoms with Gasteiger partial charge in [-0.3, -0.25) is 14.5 Å². The second-order valence-electron chi connectivity index (χ2n) is 7.65. The first-order valence-corrected chi connectivity index (χ1v) is 10.3. The summed E-state index contributed by atoms with van der Waals surface area (Å²) >= 11 is 0. The van der Waals surface area contributed by atoms with E-state index >= 15 is 0 Å². The molecule has 0 spiro atoms. The predicted molar refractivity (Wildman–Crippen MR) is 113 cm³/mol. The van der Waals surface area contributed by atoms with Crippen molar-refractivity contribution in [3.8, 4) is 5.75 Å². The summed E-state index contributed by atoms with van der Waals surface area (Å²) in [6.07, 6.45) is 4.95. The quantitative estimate of drug-likeness (QED) is 0.735. The zero-order valence-corrected chi connectivity index (χ0v) is 16.9. The van der Waals surface area contributed by atoms with E-state index in [1.165, 1.54) is 4.90 Å². The molecule has 2 aliphatic rings. The molecule has 2 aromatic carbocycles. The maximum absolute atomic E-state index is 12.9. The van der Waals surface area contributed by atoms with Gasteiger partial charge in [0.25, 0.3) is 11.8 Å². The number of benzene rings is 2. The minimum Gasteiger partial charge on any atom is -0.496 e. The molecule has 2 N–H and O–H groups in total. The Morgan fingerprint density at radius 3 is 2.53 bits per heavy atom. The molecule has 1 aliphatic carbocycles. The second kappa shape index (κ2) is 8.57. The Balaban J connectivity index is 1.42. The van der Waals surface area contributed by atoms with Crippen LogP contribution in [0.25, 0.3) is 0 Å². The highest BCUT2D eigenvalue weighted by atomic mass is 16.5. The molecule has 2 aromatic rings. The van der Waals surface area contributed by atoms with Gasteiger partial charge in [-0.1, -0.05) is 37.5 Å². The average Bonchev–Trinajstić information content (AvgIpc) is 3.02. The number of methoxy groups -OCH3 is 1. The van der Waals surface area contributed by atoms with Crippen molar-refractivity contribution in [2.45, 2.75) is 44.7 Å². The predicted octanol–water partition coefficient (Wildman–Crippen LogP) is 3.95. The highest BCUT2D eigenvalue weighted by Gasteiger charge is 2.40. The lowest BCUT2D eigenvalue weighted by atomic mass is 9.94. The van der Waals surface area contributed by atoms with Crippen LogP contribution in [0.15, 0.2) is 42.5 Å². The van der Waals surface area contributed by atoms with Crippen molar-refractivity contribution < 1.29 is 19.1 Å². The number of nitrogens with one attached hydrogen (secondary N) is 2. The molecule has 30 heavy (non-hydrogen) atoms. The van der Waals surface area contributed by atoms with Gasteiger partial charge < -0.3 is 15.4 Å². The Labute approximate surface area is 175 Å². The number of imide groups is 1. The molecule has 4 amide bonds. The summed E-state index contributed by atoms with van der Waals surface area (Å²) in [4.78, 5) is 39.4. The molecule has 156 valence electrons. The average molecular weight is 407 g/mol. The SMILES string of the molecule is COc1ccccc1CNC(=O)Nc1ccc2c(c1)C(=O)N(C1CCCCC1)C2=O. The lowest BCUT2D eigenvalue weighted by Gasteiger charge is -2.29. The normalized spacial score (nSPS) is 16.4. The fourth-order valence-electron chi connectivity index (χ4n) is 4.21. The fourth-order valence-corrected chi connectivity index (χ4v) is 4.21. The largest absolute Gasteiger partial charge is 0.496 e. The summed E-state index contributed by atoms with van der Waals surface area (Å²) in [5.41, 5.74) is 2.09. The zero-order valence-electron chi connectivity index (χ0n) is 16.9. The van der Waals surface area contributed by atoms with Crippen molar-refractivity contribution in [1.29, 1.82) is 0 Å². The third-order valence-corrected chi connectivity index (χ3v) is 5.75. The number of carbonyl (C=O) groups excluding carboxylic acids is 3. The van der Waals surface area contributed by atoms with Crippen molar-refractivity contribution in [1.82, 2.24) is 10.2 Å². The number of ether oxygens (including phenoxy) is 1. The molecule has 1 heterocycles. The summed E-state index contributed by atoms with van der Waals surface area (Å²) in [7, 11) is 1.58. The maximum Gasteiger partial charge on any atom is 0.319 e. The van der Waals surface area contributed by atoms with E-state index in [4.69, 9.17) is 4.74 Å². The van der Waals surface area contributed by atoms with Gasteiger partial charge in [0, 0.05) is 23.8 Å². The standard InChI is InChI=1S/C23H25N3O4/c1-30-20-10-6-5-7-15(20)14-24-23(29)25-16-11-12-18-19(13-16)22(28)26(21(18)27)17-8-3-2-4-9-17/h5-7,10-13,17H,2-4,8-9,14H2,1H3,(H2,24,25,29). The molecule has 0 aromatic heterocycles. The van der Waals surface area contributed by atoms with E-state index in [0.29, 0.717) is 29.1 Å². The topological polar surface area (TPSA) is 87.7 Å². The minimum absolute atomic E-state index is 0.0216. The van der Waals surface area contributed by atoms with E-state index < -0.39 is 6.03 Å². The molecular weight excluding hydrogens is 382 g/mol. The van der Waals surface area contributed by atoms with E-state index in [2.05, 4.69) is 10.6 Å². The number of rotatable bonds is 5. The maximum atomic E-state index is 12.9. The Bertz CT molecular complexity index is 982. The van der Waals surface area contributed by atoms with Crippen molar-refractivity contribution in [2.24, 2.45) is 0 Å². The van der Waals surface area contributed by atoms with Crippen LogP contribution in [0.3, 0.4) is 0 Å². The van der Waals surface area contributed by atoms with Gasteiger partial charge in [0.05, 0.1) is 18.2 Å². The van der Waals surface area contributed by atoms with Gasteiger partial charge in [-0.2, -0.15) is 0 Å². The molecule has 1 fully saturated rings. The summed E-state index contributed by atoms with van der Waals surface area (Å²) in [5.74, 6) is 0.205. The number of carbonyl (C=O) groups is 3. The number of para-hydroxylation sites is 1. The smallest absolute Gasteiger partial charge is 0.319 e. The van der Waals surface area contributed by atoms with Crippen molar-refractivity contribution >= 4 is 23.5 Å². The summed E-state index contributed by atoms with van der Waals surface area (Å²) < 4.78 is 5.28. The molecule has 1 aliphatic heterocycles. The van der Waals surface area contributed by atoms with Crippen molar-refractivity contribution in [3.05, 3.63) is 59.2 Å². The van der Waals surface area contributed by atoms with Crippen LogP contribution in [-0.4, -0.2) is 35.9 Å². The van der Waals surface area contributed by atoms with Gasteiger partial charge in [-0.15, -0.1) is 0 Å².